The van der Waals surface area contributed by atoms with Gasteiger partial charge in [0.15, 0.2) is 0 Å². The summed E-state index contributed by atoms with van der Waals surface area (Å²) < 4.78 is 5.48. The van der Waals surface area contributed by atoms with Crippen LogP contribution in [-0.4, -0.2) is 12.1 Å². The number of esters is 1. The summed E-state index contributed by atoms with van der Waals surface area (Å²) in [6.07, 6.45) is 15.2. The van der Waals surface area contributed by atoms with Crippen molar-refractivity contribution in [2.24, 2.45) is 5.92 Å². The highest BCUT2D eigenvalue weighted by molar-refractivity contribution is 5.90. The first-order chi connectivity index (χ1) is 10.2. The molecule has 118 valence electrons. The lowest BCUT2D eigenvalue weighted by Gasteiger charge is -2.17. The van der Waals surface area contributed by atoms with E-state index in [1.54, 1.807) is 0 Å². The molecule has 0 N–H and O–H groups in total. The van der Waals surface area contributed by atoms with E-state index in [1.165, 1.54) is 25.7 Å². The number of carbonyl (C=O) groups is 1. The fraction of sp³-hybridized carbons (Fsp3) is 0.632. The van der Waals surface area contributed by atoms with E-state index >= 15 is 0 Å². The third-order valence-corrected chi connectivity index (χ3v) is 4.24. The van der Waals surface area contributed by atoms with Crippen LogP contribution in [0.15, 0.2) is 37.5 Å². The van der Waals surface area contributed by atoms with Gasteiger partial charge in [-0.25, -0.2) is 4.79 Å². The van der Waals surface area contributed by atoms with Crippen LogP contribution >= 0.6 is 0 Å². The lowest BCUT2D eigenvalue weighted by Crippen LogP contribution is -2.16. The van der Waals surface area contributed by atoms with Crippen LogP contribution in [0.4, 0.5) is 0 Å². The number of hydrogen-bond donors (Lipinski definition) is 0. The smallest absolute Gasteiger partial charge is 0.334 e. The molecule has 1 rings (SSSR count). The summed E-state index contributed by atoms with van der Waals surface area (Å²) >= 11 is 0. The summed E-state index contributed by atoms with van der Waals surface area (Å²) in [4.78, 5) is 11.7. The second-order valence-electron chi connectivity index (χ2n) is 5.93. The Morgan fingerprint density at radius 3 is 2.24 bits per heavy atom. The molecule has 0 spiro atoms. The van der Waals surface area contributed by atoms with Crippen molar-refractivity contribution in [3.05, 3.63) is 37.5 Å². The van der Waals surface area contributed by atoms with Gasteiger partial charge in [-0.1, -0.05) is 38.0 Å². The van der Waals surface area contributed by atoms with E-state index in [-0.39, 0.29) is 18.0 Å². The second kappa shape index (κ2) is 10.4. The summed E-state index contributed by atoms with van der Waals surface area (Å²) in [7, 11) is 0. The van der Waals surface area contributed by atoms with Crippen molar-refractivity contribution in [2.45, 2.75) is 70.3 Å². The molecule has 0 bridgehead atoms. The highest BCUT2D eigenvalue weighted by Crippen LogP contribution is 2.33. The molecule has 0 radical (unpaired) electrons. The van der Waals surface area contributed by atoms with Gasteiger partial charge in [-0.3, -0.25) is 0 Å². The van der Waals surface area contributed by atoms with Gasteiger partial charge in [-0.05, 0) is 44.9 Å². The van der Waals surface area contributed by atoms with Crippen LogP contribution in [0, 0.1) is 5.92 Å². The van der Waals surface area contributed by atoms with E-state index in [9.17, 15) is 4.79 Å². The van der Waals surface area contributed by atoms with Crippen molar-refractivity contribution in [3.63, 3.8) is 0 Å². The number of allylic oxidation sites excluding steroid dienone is 2. The predicted molar refractivity (Wildman–Crippen MR) is 89.1 cm³/mol. The molecular weight excluding hydrogens is 260 g/mol. The number of carbonyl (C=O) groups excluding carboxylic acids is 1. The van der Waals surface area contributed by atoms with Gasteiger partial charge in [0, 0.05) is 11.5 Å². The van der Waals surface area contributed by atoms with Crippen LogP contribution in [0.2, 0.25) is 0 Å². The summed E-state index contributed by atoms with van der Waals surface area (Å²) in [6, 6.07) is 0. The topological polar surface area (TPSA) is 26.3 Å². The lowest BCUT2D eigenvalue weighted by atomic mass is 9.89. The van der Waals surface area contributed by atoms with Crippen molar-refractivity contribution in [1.29, 1.82) is 0 Å². The Labute approximate surface area is 130 Å². The Kier molecular flexibility index (Phi) is 8.80. The molecule has 0 aromatic rings. The van der Waals surface area contributed by atoms with Crippen LogP contribution in [0.1, 0.15) is 64.2 Å². The Morgan fingerprint density at radius 2 is 1.52 bits per heavy atom. The molecule has 1 saturated heterocycles. The maximum atomic E-state index is 11.7. The standard InChI is InChI=1S/C19H30O2/c1-4-6-8-9-10-11-13-15-18-17(14-12-7-5-2)16(3)19(20)21-18/h4-5,17-18H,1-3,6-15H2/t17-,18+/m0/s1. The van der Waals surface area contributed by atoms with E-state index in [1.807, 2.05) is 12.2 Å². The zero-order valence-corrected chi connectivity index (χ0v) is 13.3. The fourth-order valence-electron chi connectivity index (χ4n) is 2.94. The molecular formula is C19H30O2. The molecule has 0 aromatic heterocycles. The normalized spacial score (nSPS) is 21.3. The van der Waals surface area contributed by atoms with Crippen molar-refractivity contribution in [3.8, 4) is 0 Å². The minimum Gasteiger partial charge on any atom is -0.458 e. The minimum absolute atomic E-state index is 0.0583. The molecule has 1 aliphatic heterocycles. The first-order valence-corrected chi connectivity index (χ1v) is 8.32. The maximum absolute atomic E-state index is 11.7. The Balaban J connectivity index is 2.24. The van der Waals surface area contributed by atoms with Crippen LogP contribution in [-0.2, 0) is 9.53 Å². The highest BCUT2D eigenvalue weighted by atomic mass is 16.6. The molecule has 1 aliphatic rings. The summed E-state index contributed by atoms with van der Waals surface area (Å²) in [5, 5.41) is 0. The molecule has 0 saturated carbocycles. The van der Waals surface area contributed by atoms with Gasteiger partial charge in [0.1, 0.15) is 6.10 Å². The van der Waals surface area contributed by atoms with Gasteiger partial charge in [0.2, 0.25) is 0 Å². The number of hydrogen-bond acceptors (Lipinski definition) is 2. The van der Waals surface area contributed by atoms with E-state index in [0.29, 0.717) is 5.57 Å². The molecule has 0 aromatic carbocycles. The predicted octanol–water partition coefficient (Wildman–Crippen LogP) is 5.36. The summed E-state index contributed by atoms with van der Waals surface area (Å²) in [5.41, 5.74) is 0.676. The van der Waals surface area contributed by atoms with E-state index in [0.717, 1.165) is 38.5 Å². The first kappa shape index (κ1) is 17.7. The quantitative estimate of drug-likeness (QED) is 0.209. The van der Waals surface area contributed by atoms with Gasteiger partial charge in [0.05, 0.1) is 0 Å². The van der Waals surface area contributed by atoms with Gasteiger partial charge in [-0.15, -0.1) is 13.2 Å². The third-order valence-electron chi connectivity index (χ3n) is 4.24. The van der Waals surface area contributed by atoms with Gasteiger partial charge < -0.3 is 4.74 Å². The highest BCUT2D eigenvalue weighted by Gasteiger charge is 2.37. The fourth-order valence-corrected chi connectivity index (χ4v) is 2.94. The van der Waals surface area contributed by atoms with Crippen LogP contribution in [0.3, 0.4) is 0 Å². The van der Waals surface area contributed by atoms with E-state index in [2.05, 4.69) is 19.7 Å². The average molecular weight is 290 g/mol. The lowest BCUT2D eigenvalue weighted by molar-refractivity contribution is -0.139. The molecule has 0 amide bonds. The van der Waals surface area contributed by atoms with Crippen molar-refractivity contribution < 1.29 is 9.53 Å². The van der Waals surface area contributed by atoms with Crippen LogP contribution in [0.5, 0.6) is 0 Å². The summed E-state index contributed by atoms with van der Waals surface area (Å²) in [5.74, 6) is 0.0350. The second-order valence-corrected chi connectivity index (χ2v) is 5.93. The maximum Gasteiger partial charge on any atom is 0.334 e. The Hall–Kier alpha value is -1.31. The molecule has 21 heavy (non-hydrogen) atoms. The Bertz CT molecular complexity index is 357. The third kappa shape index (κ3) is 6.33. The molecule has 0 unspecified atom stereocenters. The summed E-state index contributed by atoms with van der Waals surface area (Å²) in [6.45, 7) is 11.4. The van der Waals surface area contributed by atoms with Crippen LogP contribution < -0.4 is 0 Å². The number of ether oxygens (including phenoxy) is 1. The van der Waals surface area contributed by atoms with E-state index in [4.69, 9.17) is 4.74 Å². The van der Waals surface area contributed by atoms with Gasteiger partial charge in [-0.2, -0.15) is 0 Å². The monoisotopic (exact) mass is 290 g/mol. The largest absolute Gasteiger partial charge is 0.458 e. The number of unbranched alkanes of at least 4 members (excludes halogenated alkanes) is 6. The van der Waals surface area contributed by atoms with Gasteiger partial charge in [0.25, 0.3) is 0 Å². The zero-order valence-electron chi connectivity index (χ0n) is 13.3. The molecule has 0 aliphatic carbocycles. The Morgan fingerprint density at radius 1 is 0.905 bits per heavy atom. The zero-order chi connectivity index (χ0) is 15.5. The van der Waals surface area contributed by atoms with Crippen LogP contribution in [0.25, 0.3) is 0 Å². The molecule has 1 heterocycles. The van der Waals surface area contributed by atoms with Crippen molar-refractivity contribution >= 4 is 5.97 Å². The number of cyclic esters (lactones) is 1. The average Bonchev–Trinajstić information content (AvgIpc) is 2.74. The van der Waals surface area contributed by atoms with Crippen molar-refractivity contribution in [1.82, 2.24) is 0 Å². The SMILES string of the molecule is C=CCCCCCCC[C@H]1OC(=O)C(=C)[C@@H]1CCCC=C. The molecule has 2 heteroatoms. The molecule has 1 fully saturated rings. The molecule has 2 atom stereocenters. The first-order valence-electron chi connectivity index (χ1n) is 8.32. The van der Waals surface area contributed by atoms with Crippen molar-refractivity contribution in [2.75, 3.05) is 0 Å². The molecule has 2 nitrogen and oxygen atoms in total. The van der Waals surface area contributed by atoms with Gasteiger partial charge >= 0.3 is 5.97 Å². The minimum atomic E-state index is -0.186. The number of rotatable bonds is 12. The van der Waals surface area contributed by atoms with E-state index < -0.39 is 0 Å².